The maximum atomic E-state index is 6.16. The third kappa shape index (κ3) is 3.96. The second-order valence-electron chi connectivity index (χ2n) is 4.29. The molecule has 1 heterocycles. The lowest BCUT2D eigenvalue weighted by Gasteiger charge is -2.23. The monoisotopic (exact) mass is 255 g/mol. The van der Waals surface area contributed by atoms with Crippen LogP contribution in [0.2, 0.25) is 5.02 Å². The van der Waals surface area contributed by atoms with Gasteiger partial charge in [0.2, 0.25) is 0 Å². The number of aryl methyl sites for hydroxylation is 1. The van der Waals surface area contributed by atoms with E-state index in [4.69, 9.17) is 21.1 Å². The highest BCUT2D eigenvalue weighted by molar-refractivity contribution is 6.31. The van der Waals surface area contributed by atoms with Crippen LogP contribution in [0, 0.1) is 6.92 Å². The van der Waals surface area contributed by atoms with Crippen LogP contribution in [0.1, 0.15) is 11.1 Å². The van der Waals surface area contributed by atoms with Crippen molar-refractivity contribution in [1.29, 1.82) is 0 Å². The first-order valence-electron chi connectivity index (χ1n) is 5.91. The van der Waals surface area contributed by atoms with Gasteiger partial charge in [-0.25, -0.2) is 0 Å². The number of hydrogen-bond donors (Lipinski definition) is 1. The summed E-state index contributed by atoms with van der Waals surface area (Å²) >= 11 is 6.16. The molecule has 2 rings (SSSR count). The molecule has 1 fully saturated rings. The first-order chi connectivity index (χ1) is 8.25. The zero-order valence-electron chi connectivity index (χ0n) is 10.0. The molecule has 94 valence electrons. The van der Waals surface area contributed by atoms with Gasteiger partial charge in [0.15, 0.2) is 0 Å². The van der Waals surface area contributed by atoms with E-state index < -0.39 is 0 Å². The van der Waals surface area contributed by atoms with Gasteiger partial charge in [-0.1, -0.05) is 23.7 Å². The molecule has 1 unspecified atom stereocenters. The number of halogens is 1. The van der Waals surface area contributed by atoms with Crippen molar-refractivity contribution in [2.45, 2.75) is 19.6 Å². The highest BCUT2D eigenvalue weighted by Crippen LogP contribution is 2.17. The molecule has 1 N–H and O–H groups in total. The van der Waals surface area contributed by atoms with Crippen LogP contribution in [0.5, 0.6) is 0 Å². The summed E-state index contributed by atoms with van der Waals surface area (Å²) in [5.74, 6) is 0. The van der Waals surface area contributed by atoms with E-state index >= 15 is 0 Å². The lowest BCUT2D eigenvalue weighted by molar-refractivity contribution is -0.0864. The van der Waals surface area contributed by atoms with E-state index in [2.05, 4.69) is 17.4 Å². The van der Waals surface area contributed by atoms with Crippen LogP contribution in [0.25, 0.3) is 0 Å². The highest BCUT2D eigenvalue weighted by atomic mass is 35.5. The Labute approximate surface area is 107 Å². The standard InChI is InChI=1S/C13H18ClNO2/c1-10-2-3-11(13(14)6-10)7-15-8-12-9-16-4-5-17-12/h2-3,6,12,15H,4-5,7-9H2,1H3. The van der Waals surface area contributed by atoms with Gasteiger partial charge in [-0.15, -0.1) is 0 Å². The minimum Gasteiger partial charge on any atom is -0.376 e. The Hall–Kier alpha value is -0.610. The molecule has 1 atom stereocenters. The fourth-order valence-corrected chi connectivity index (χ4v) is 2.12. The van der Waals surface area contributed by atoms with Crippen molar-refractivity contribution in [3.05, 3.63) is 34.3 Å². The average molecular weight is 256 g/mol. The van der Waals surface area contributed by atoms with Gasteiger partial charge >= 0.3 is 0 Å². The molecule has 0 bridgehead atoms. The largest absolute Gasteiger partial charge is 0.376 e. The van der Waals surface area contributed by atoms with Gasteiger partial charge in [-0.2, -0.15) is 0 Å². The summed E-state index contributed by atoms with van der Waals surface area (Å²) in [7, 11) is 0. The minimum atomic E-state index is 0.160. The second kappa shape index (κ2) is 6.36. The first kappa shape index (κ1) is 12.8. The molecule has 0 aromatic heterocycles. The molecule has 1 aromatic carbocycles. The maximum absolute atomic E-state index is 6.16. The van der Waals surface area contributed by atoms with E-state index in [1.165, 1.54) is 5.56 Å². The van der Waals surface area contributed by atoms with Gasteiger partial charge in [-0.05, 0) is 24.1 Å². The summed E-state index contributed by atoms with van der Waals surface area (Å²) in [5.41, 5.74) is 2.30. The molecule has 1 aromatic rings. The van der Waals surface area contributed by atoms with Gasteiger partial charge in [-0.3, -0.25) is 0 Å². The Morgan fingerprint density at radius 2 is 2.29 bits per heavy atom. The molecule has 0 spiro atoms. The molecule has 3 nitrogen and oxygen atoms in total. The van der Waals surface area contributed by atoms with Crippen LogP contribution in [-0.4, -0.2) is 32.5 Å². The normalized spacial score (nSPS) is 20.5. The van der Waals surface area contributed by atoms with E-state index in [9.17, 15) is 0 Å². The van der Waals surface area contributed by atoms with Crippen molar-refractivity contribution in [1.82, 2.24) is 5.32 Å². The van der Waals surface area contributed by atoms with Crippen molar-refractivity contribution in [2.24, 2.45) is 0 Å². The fourth-order valence-electron chi connectivity index (χ4n) is 1.82. The number of nitrogens with one attached hydrogen (secondary N) is 1. The van der Waals surface area contributed by atoms with Crippen molar-refractivity contribution in [3.8, 4) is 0 Å². The fraction of sp³-hybridized carbons (Fsp3) is 0.538. The van der Waals surface area contributed by atoms with E-state index in [0.717, 1.165) is 23.7 Å². The number of benzene rings is 1. The molecule has 1 saturated heterocycles. The summed E-state index contributed by atoms with van der Waals surface area (Å²) < 4.78 is 10.9. The molecule has 1 aliphatic rings. The van der Waals surface area contributed by atoms with Crippen molar-refractivity contribution in [3.63, 3.8) is 0 Å². The lowest BCUT2D eigenvalue weighted by atomic mass is 10.1. The Morgan fingerprint density at radius 3 is 3.00 bits per heavy atom. The van der Waals surface area contributed by atoms with Crippen molar-refractivity contribution < 1.29 is 9.47 Å². The quantitative estimate of drug-likeness (QED) is 0.894. The second-order valence-corrected chi connectivity index (χ2v) is 4.70. The van der Waals surface area contributed by atoms with Crippen molar-refractivity contribution >= 4 is 11.6 Å². The Balaban J connectivity index is 1.77. The zero-order chi connectivity index (χ0) is 12.1. The summed E-state index contributed by atoms with van der Waals surface area (Å²) in [6.07, 6.45) is 0.160. The number of ether oxygens (including phenoxy) is 2. The van der Waals surface area contributed by atoms with E-state index in [-0.39, 0.29) is 6.10 Å². The summed E-state index contributed by atoms with van der Waals surface area (Å²) in [6.45, 7) is 5.67. The van der Waals surface area contributed by atoms with Crippen LogP contribution in [0.15, 0.2) is 18.2 Å². The van der Waals surface area contributed by atoms with Crippen LogP contribution >= 0.6 is 11.6 Å². The number of rotatable bonds is 4. The Morgan fingerprint density at radius 1 is 1.41 bits per heavy atom. The van der Waals surface area contributed by atoms with Crippen LogP contribution < -0.4 is 5.32 Å². The molecule has 0 radical (unpaired) electrons. The summed E-state index contributed by atoms with van der Waals surface area (Å²) in [6, 6.07) is 6.12. The van der Waals surface area contributed by atoms with E-state index in [1.807, 2.05) is 13.0 Å². The van der Waals surface area contributed by atoms with Gasteiger partial charge in [0, 0.05) is 18.1 Å². The van der Waals surface area contributed by atoms with Gasteiger partial charge in [0.25, 0.3) is 0 Å². The topological polar surface area (TPSA) is 30.5 Å². The summed E-state index contributed by atoms with van der Waals surface area (Å²) in [5, 5.41) is 4.16. The van der Waals surface area contributed by atoms with Gasteiger partial charge in [0.05, 0.1) is 25.9 Å². The molecule has 1 aliphatic heterocycles. The molecule has 17 heavy (non-hydrogen) atoms. The SMILES string of the molecule is Cc1ccc(CNCC2COCCO2)c(Cl)c1. The zero-order valence-corrected chi connectivity index (χ0v) is 10.8. The third-order valence-electron chi connectivity index (χ3n) is 2.78. The third-order valence-corrected chi connectivity index (χ3v) is 3.13. The summed E-state index contributed by atoms with van der Waals surface area (Å²) in [4.78, 5) is 0. The molecule has 0 amide bonds. The Bertz CT molecular complexity index is 364. The molecular weight excluding hydrogens is 238 g/mol. The Kier molecular flexibility index (Phi) is 4.80. The van der Waals surface area contributed by atoms with Crippen LogP contribution in [0.3, 0.4) is 0 Å². The predicted molar refractivity (Wildman–Crippen MR) is 68.5 cm³/mol. The highest BCUT2D eigenvalue weighted by Gasteiger charge is 2.13. The van der Waals surface area contributed by atoms with Gasteiger partial charge in [0.1, 0.15) is 0 Å². The lowest BCUT2D eigenvalue weighted by Crippen LogP contribution is -2.37. The molecule has 0 aliphatic carbocycles. The van der Waals surface area contributed by atoms with Crippen molar-refractivity contribution in [2.75, 3.05) is 26.4 Å². The van der Waals surface area contributed by atoms with Crippen LogP contribution in [-0.2, 0) is 16.0 Å². The first-order valence-corrected chi connectivity index (χ1v) is 6.28. The average Bonchev–Trinajstić information content (AvgIpc) is 2.33. The predicted octanol–water partition coefficient (Wildman–Crippen LogP) is 2.15. The van der Waals surface area contributed by atoms with Crippen LogP contribution in [0.4, 0.5) is 0 Å². The maximum Gasteiger partial charge on any atom is 0.0933 e. The molecule has 0 saturated carbocycles. The smallest absolute Gasteiger partial charge is 0.0933 e. The van der Waals surface area contributed by atoms with Gasteiger partial charge < -0.3 is 14.8 Å². The molecular formula is C13H18ClNO2. The number of hydrogen-bond acceptors (Lipinski definition) is 3. The molecule has 4 heteroatoms. The minimum absolute atomic E-state index is 0.160. The van der Waals surface area contributed by atoms with E-state index in [1.54, 1.807) is 0 Å². The van der Waals surface area contributed by atoms with E-state index in [0.29, 0.717) is 19.8 Å².